The zero-order valence-electron chi connectivity index (χ0n) is 15.1. The van der Waals surface area contributed by atoms with Crippen molar-refractivity contribution in [3.05, 3.63) is 53.3 Å². The zero-order chi connectivity index (χ0) is 17.6. The summed E-state index contributed by atoms with van der Waals surface area (Å²) >= 11 is 0. The summed E-state index contributed by atoms with van der Waals surface area (Å²) in [7, 11) is 0. The fourth-order valence-corrected chi connectivity index (χ4v) is 5.26. The topological polar surface area (TPSA) is 52.8 Å². The molecule has 0 bridgehead atoms. The fourth-order valence-electron chi connectivity index (χ4n) is 5.26. The number of aryl methyl sites for hydroxylation is 2. The van der Waals surface area contributed by atoms with Gasteiger partial charge >= 0.3 is 0 Å². The van der Waals surface area contributed by atoms with Gasteiger partial charge in [-0.1, -0.05) is 36.8 Å². The molecule has 132 valence electrons. The molecule has 2 aromatic rings. The summed E-state index contributed by atoms with van der Waals surface area (Å²) in [6, 6.07) is 12.9. The molecule has 0 unspecified atom stereocenters. The summed E-state index contributed by atoms with van der Waals surface area (Å²) in [6.45, 7) is 1.98. The molecule has 1 aliphatic heterocycles. The highest BCUT2D eigenvalue weighted by Gasteiger charge is 2.61. The Kier molecular flexibility index (Phi) is 3.53. The van der Waals surface area contributed by atoms with Crippen LogP contribution in [0.25, 0.3) is 0 Å². The summed E-state index contributed by atoms with van der Waals surface area (Å²) in [6.07, 6.45) is 10.0. The highest BCUT2D eigenvalue weighted by molar-refractivity contribution is 5.45. The van der Waals surface area contributed by atoms with E-state index in [9.17, 15) is 5.26 Å². The number of anilines is 1. The van der Waals surface area contributed by atoms with Gasteiger partial charge in [0, 0.05) is 30.4 Å². The third-order valence-corrected chi connectivity index (χ3v) is 6.53. The van der Waals surface area contributed by atoms with Gasteiger partial charge in [0.05, 0.1) is 11.5 Å². The number of hydrogen-bond donors (Lipinski definition) is 0. The summed E-state index contributed by atoms with van der Waals surface area (Å²) in [5.41, 5.74) is 3.77. The number of aromatic nitrogens is 2. The van der Waals surface area contributed by atoms with Gasteiger partial charge in [-0.2, -0.15) is 5.26 Å². The first-order valence-electron chi connectivity index (χ1n) is 9.79. The van der Waals surface area contributed by atoms with Gasteiger partial charge in [0.1, 0.15) is 0 Å². The van der Waals surface area contributed by atoms with Gasteiger partial charge in [0.2, 0.25) is 5.95 Å². The van der Waals surface area contributed by atoms with Crippen LogP contribution >= 0.6 is 0 Å². The Morgan fingerprint density at radius 3 is 2.54 bits per heavy atom. The second-order valence-electron chi connectivity index (χ2n) is 8.47. The van der Waals surface area contributed by atoms with Crippen molar-refractivity contribution in [3.63, 3.8) is 0 Å². The Bertz CT molecular complexity index is 853. The number of benzene rings is 1. The van der Waals surface area contributed by atoms with E-state index in [0.29, 0.717) is 0 Å². The van der Waals surface area contributed by atoms with Crippen LogP contribution < -0.4 is 4.90 Å². The molecule has 0 N–H and O–H groups in total. The first kappa shape index (κ1) is 15.8. The monoisotopic (exact) mass is 344 g/mol. The molecular weight excluding hydrogens is 320 g/mol. The van der Waals surface area contributed by atoms with E-state index < -0.39 is 0 Å². The van der Waals surface area contributed by atoms with Crippen molar-refractivity contribution in [1.82, 2.24) is 9.97 Å². The lowest BCUT2D eigenvalue weighted by Gasteiger charge is -2.62. The molecule has 2 fully saturated rings. The van der Waals surface area contributed by atoms with Gasteiger partial charge in [-0.15, -0.1) is 0 Å². The normalized spacial score (nSPS) is 22.5. The SMILES string of the molecule is N#CC1(c2ccccc2)CC2(CN(c3ncc4c(n3)CCCCC4)C2)C1. The van der Waals surface area contributed by atoms with Crippen LogP contribution in [0, 0.1) is 16.7 Å². The molecular formula is C22H24N4. The van der Waals surface area contributed by atoms with E-state index in [2.05, 4.69) is 34.3 Å². The number of nitrogens with zero attached hydrogens (tertiary/aromatic N) is 4. The summed E-state index contributed by atoms with van der Waals surface area (Å²) < 4.78 is 0. The van der Waals surface area contributed by atoms with E-state index in [0.717, 1.165) is 44.7 Å². The molecule has 26 heavy (non-hydrogen) atoms. The van der Waals surface area contributed by atoms with E-state index in [1.807, 2.05) is 18.2 Å². The molecule has 1 aromatic heterocycles. The first-order chi connectivity index (χ1) is 12.7. The molecule has 0 radical (unpaired) electrons. The average Bonchev–Trinajstić information content (AvgIpc) is 2.86. The van der Waals surface area contributed by atoms with Crippen LogP contribution in [-0.4, -0.2) is 23.1 Å². The molecule has 1 aromatic carbocycles. The van der Waals surface area contributed by atoms with Gasteiger partial charge in [-0.3, -0.25) is 0 Å². The Morgan fingerprint density at radius 1 is 1.00 bits per heavy atom. The van der Waals surface area contributed by atoms with Gasteiger partial charge in [0.15, 0.2) is 0 Å². The van der Waals surface area contributed by atoms with E-state index in [1.54, 1.807) is 0 Å². The van der Waals surface area contributed by atoms with Gasteiger partial charge in [-0.25, -0.2) is 9.97 Å². The highest BCUT2D eigenvalue weighted by atomic mass is 15.3. The number of fused-ring (bicyclic) bond motifs is 1. The smallest absolute Gasteiger partial charge is 0.225 e. The molecule has 2 heterocycles. The molecule has 2 aliphatic carbocycles. The van der Waals surface area contributed by atoms with Crippen molar-refractivity contribution < 1.29 is 0 Å². The lowest BCUT2D eigenvalue weighted by atomic mass is 9.48. The lowest BCUT2D eigenvalue weighted by Crippen LogP contribution is -2.67. The lowest BCUT2D eigenvalue weighted by molar-refractivity contribution is 0.0246. The molecule has 3 aliphatic rings. The van der Waals surface area contributed by atoms with Crippen molar-refractivity contribution in [3.8, 4) is 6.07 Å². The van der Waals surface area contributed by atoms with Crippen LogP contribution in [0.15, 0.2) is 36.5 Å². The van der Waals surface area contributed by atoms with Gasteiger partial charge < -0.3 is 4.90 Å². The van der Waals surface area contributed by atoms with E-state index in [1.165, 1.54) is 36.1 Å². The maximum atomic E-state index is 9.80. The second kappa shape index (κ2) is 5.81. The van der Waals surface area contributed by atoms with Crippen LogP contribution in [-0.2, 0) is 18.3 Å². The summed E-state index contributed by atoms with van der Waals surface area (Å²) in [4.78, 5) is 11.8. The van der Waals surface area contributed by atoms with Crippen LogP contribution in [0.4, 0.5) is 5.95 Å². The Hall–Kier alpha value is -2.41. The van der Waals surface area contributed by atoms with E-state index in [-0.39, 0.29) is 10.8 Å². The minimum absolute atomic E-state index is 0.279. The number of rotatable bonds is 2. The minimum Gasteiger partial charge on any atom is -0.340 e. The van der Waals surface area contributed by atoms with Crippen LogP contribution in [0.5, 0.6) is 0 Å². The fraction of sp³-hybridized carbons (Fsp3) is 0.500. The van der Waals surface area contributed by atoms with E-state index >= 15 is 0 Å². The van der Waals surface area contributed by atoms with Crippen molar-refractivity contribution in [2.45, 2.75) is 50.4 Å². The van der Waals surface area contributed by atoms with Crippen LogP contribution in [0.2, 0.25) is 0 Å². The standard InChI is InChI=1S/C22H24N4/c23-14-22(18-8-4-2-5-9-18)12-21(13-22)15-26(16-21)20-24-11-17-7-3-1-6-10-19(17)25-20/h2,4-5,8-9,11H,1,3,6-7,10,12-13,15-16H2. The molecule has 4 nitrogen and oxygen atoms in total. The maximum Gasteiger partial charge on any atom is 0.225 e. The average molecular weight is 344 g/mol. The van der Waals surface area contributed by atoms with Gasteiger partial charge in [-0.05, 0) is 49.7 Å². The third kappa shape index (κ3) is 2.41. The Morgan fingerprint density at radius 2 is 1.77 bits per heavy atom. The number of hydrogen-bond acceptors (Lipinski definition) is 4. The molecule has 1 saturated heterocycles. The minimum atomic E-state index is -0.290. The molecule has 0 amide bonds. The van der Waals surface area contributed by atoms with E-state index in [4.69, 9.17) is 4.98 Å². The quantitative estimate of drug-likeness (QED) is 0.778. The van der Waals surface area contributed by atoms with Crippen molar-refractivity contribution >= 4 is 5.95 Å². The number of nitriles is 1. The highest BCUT2D eigenvalue weighted by Crippen LogP contribution is 2.59. The van der Waals surface area contributed by atoms with Gasteiger partial charge in [0.25, 0.3) is 0 Å². The first-order valence-corrected chi connectivity index (χ1v) is 9.79. The Balaban J connectivity index is 1.29. The molecule has 5 rings (SSSR count). The largest absolute Gasteiger partial charge is 0.340 e. The Labute approximate surface area is 154 Å². The van der Waals surface area contributed by atoms with Crippen LogP contribution in [0.3, 0.4) is 0 Å². The summed E-state index contributed by atoms with van der Waals surface area (Å²) in [5.74, 6) is 0.894. The predicted octanol–water partition coefficient (Wildman–Crippen LogP) is 3.81. The van der Waals surface area contributed by atoms with Crippen molar-refractivity contribution in [2.75, 3.05) is 18.0 Å². The molecule has 0 atom stereocenters. The molecule has 4 heteroatoms. The molecule has 1 spiro atoms. The maximum absolute atomic E-state index is 9.80. The zero-order valence-corrected chi connectivity index (χ0v) is 15.1. The summed E-state index contributed by atoms with van der Waals surface area (Å²) in [5, 5.41) is 9.80. The second-order valence-corrected chi connectivity index (χ2v) is 8.47. The van der Waals surface area contributed by atoms with Crippen LogP contribution in [0.1, 0.15) is 48.9 Å². The predicted molar refractivity (Wildman–Crippen MR) is 101 cm³/mol. The third-order valence-electron chi connectivity index (χ3n) is 6.53. The van der Waals surface area contributed by atoms with Crippen molar-refractivity contribution in [1.29, 1.82) is 5.26 Å². The van der Waals surface area contributed by atoms with Crippen molar-refractivity contribution in [2.24, 2.45) is 5.41 Å². The molecule has 1 saturated carbocycles.